The highest BCUT2D eigenvalue weighted by molar-refractivity contribution is 6.30. The molecule has 2 unspecified atom stereocenters. The number of nitrogens with zero attached hydrogens (tertiary/aromatic N) is 1. The molecule has 21 heavy (non-hydrogen) atoms. The van der Waals surface area contributed by atoms with Crippen molar-refractivity contribution in [2.75, 3.05) is 40.4 Å². The van der Waals surface area contributed by atoms with E-state index in [2.05, 4.69) is 29.4 Å². The number of benzene rings is 1. The Morgan fingerprint density at radius 2 is 2.33 bits per heavy atom. The molecule has 0 aromatic heterocycles. The van der Waals surface area contributed by atoms with Crippen molar-refractivity contribution in [2.24, 2.45) is 5.92 Å². The molecule has 2 rings (SSSR count). The molecule has 0 radical (unpaired) electrons. The van der Waals surface area contributed by atoms with Crippen molar-refractivity contribution in [3.8, 4) is 0 Å². The van der Waals surface area contributed by atoms with Crippen LogP contribution in [0.4, 0.5) is 0 Å². The monoisotopic (exact) mass is 310 g/mol. The Kier molecular flexibility index (Phi) is 6.97. The second-order valence-corrected chi connectivity index (χ2v) is 6.47. The molecule has 0 amide bonds. The first-order valence-electron chi connectivity index (χ1n) is 7.88. The summed E-state index contributed by atoms with van der Waals surface area (Å²) in [7, 11) is 4.22. The molecule has 2 atom stereocenters. The molecule has 1 heterocycles. The molecule has 3 nitrogen and oxygen atoms in total. The first-order chi connectivity index (χ1) is 10.2. The molecule has 0 spiro atoms. The third-order valence-corrected chi connectivity index (χ3v) is 4.46. The maximum atomic E-state index is 6.09. The highest BCUT2D eigenvalue weighted by Gasteiger charge is 2.17. The van der Waals surface area contributed by atoms with Gasteiger partial charge in [-0.3, -0.25) is 0 Å². The van der Waals surface area contributed by atoms with Crippen LogP contribution in [0.5, 0.6) is 0 Å². The molecular weight excluding hydrogens is 284 g/mol. The van der Waals surface area contributed by atoms with Crippen LogP contribution in [0.2, 0.25) is 5.02 Å². The minimum absolute atomic E-state index is 0.355. The van der Waals surface area contributed by atoms with Crippen molar-refractivity contribution >= 4 is 11.6 Å². The molecule has 1 aliphatic heterocycles. The summed E-state index contributed by atoms with van der Waals surface area (Å²) < 4.78 is 5.56. The SMILES string of the molecule is CNC(CCN(C)CC1CCCOC1)c1cccc(Cl)c1. The van der Waals surface area contributed by atoms with Crippen LogP contribution in [-0.2, 0) is 4.74 Å². The van der Waals surface area contributed by atoms with Gasteiger partial charge >= 0.3 is 0 Å². The summed E-state index contributed by atoms with van der Waals surface area (Å²) in [4.78, 5) is 2.42. The molecule has 1 saturated heterocycles. The van der Waals surface area contributed by atoms with Crippen molar-refractivity contribution in [3.05, 3.63) is 34.9 Å². The Hall–Kier alpha value is -0.610. The van der Waals surface area contributed by atoms with Crippen LogP contribution in [0, 0.1) is 5.92 Å². The summed E-state index contributed by atoms with van der Waals surface area (Å²) in [6.07, 6.45) is 3.59. The van der Waals surface area contributed by atoms with Crippen LogP contribution in [0.25, 0.3) is 0 Å². The zero-order valence-corrected chi connectivity index (χ0v) is 13.9. The van der Waals surface area contributed by atoms with Gasteiger partial charge in [-0.05, 0) is 63.5 Å². The molecule has 1 fully saturated rings. The van der Waals surface area contributed by atoms with Gasteiger partial charge in [0, 0.05) is 24.2 Å². The fourth-order valence-corrected chi connectivity index (χ4v) is 3.23. The van der Waals surface area contributed by atoms with E-state index in [4.69, 9.17) is 16.3 Å². The lowest BCUT2D eigenvalue weighted by Crippen LogP contribution is -2.33. The fourth-order valence-electron chi connectivity index (χ4n) is 3.03. The minimum Gasteiger partial charge on any atom is -0.381 e. The molecule has 1 aliphatic rings. The molecule has 1 aromatic rings. The van der Waals surface area contributed by atoms with Gasteiger partial charge in [-0.2, -0.15) is 0 Å². The van der Waals surface area contributed by atoms with Crippen LogP contribution in [0.3, 0.4) is 0 Å². The first-order valence-corrected chi connectivity index (χ1v) is 8.26. The zero-order valence-electron chi connectivity index (χ0n) is 13.1. The molecule has 1 N–H and O–H groups in total. The second kappa shape index (κ2) is 8.74. The average Bonchev–Trinajstić information content (AvgIpc) is 2.49. The van der Waals surface area contributed by atoms with Gasteiger partial charge in [-0.1, -0.05) is 23.7 Å². The number of hydrogen-bond acceptors (Lipinski definition) is 3. The third-order valence-electron chi connectivity index (χ3n) is 4.22. The quantitative estimate of drug-likeness (QED) is 0.836. The Morgan fingerprint density at radius 1 is 1.48 bits per heavy atom. The second-order valence-electron chi connectivity index (χ2n) is 6.03. The largest absolute Gasteiger partial charge is 0.381 e. The number of ether oxygens (including phenoxy) is 1. The van der Waals surface area contributed by atoms with E-state index in [1.807, 2.05) is 19.2 Å². The van der Waals surface area contributed by atoms with E-state index < -0.39 is 0 Å². The average molecular weight is 311 g/mol. The van der Waals surface area contributed by atoms with E-state index in [9.17, 15) is 0 Å². The summed E-state index contributed by atoms with van der Waals surface area (Å²) in [6, 6.07) is 8.49. The molecule has 0 bridgehead atoms. The first kappa shape index (κ1) is 16.8. The van der Waals surface area contributed by atoms with Gasteiger partial charge in [0.1, 0.15) is 0 Å². The van der Waals surface area contributed by atoms with Crippen LogP contribution in [0.15, 0.2) is 24.3 Å². The number of nitrogens with one attached hydrogen (secondary N) is 1. The van der Waals surface area contributed by atoms with Crippen LogP contribution in [0.1, 0.15) is 30.9 Å². The summed E-state index contributed by atoms with van der Waals surface area (Å²) in [5.74, 6) is 0.697. The molecule has 0 saturated carbocycles. The third kappa shape index (κ3) is 5.59. The topological polar surface area (TPSA) is 24.5 Å². The van der Waals surface area contributed by atoms with Gasteiger partial charge in [0.05, 0.1) is 6.61 Å². The molecule has 118 valence electrons. The van der Waals surface area contributed by atoms with E-state index in [0.717, 1.165) is 37.7 Å². The Balaban J connectivity index is 1.79. The van der Waals surface area contributed by atoms with Gasteiger partial charge in [0.2, 0.25) is 0 Å². The van der Waals surface area contributed by atoms with E-state index in [0.29, 0.717) is 12.0 Å². The van der Waals surface area contributed by atoms with Crippen molar-refractivity contribution in [1.29, 1.82) is 0 Å². The summed E-state index contributed by atoms with van der Waals surface area (Å²) >= 11 is 6.09. The van der Waals surface area contributed by atoms with Crippen molar-refractivity contribution in [3.63, 3.8) is 0 Å². The van der Waals surface area contributed by atoms with Gasteiger partial charge in [0.25, 0.3) is 0 Å². The Labute approximate surface area is 133 Å². The lowest BCUT2D eigenvalue weighted by Gasteiger charge is -2.28. The Morgan fingerprint density at radius 3 is 3.00 bits per heavy atom. The van der Waals surface area contributed by atoms with Crippen molar-refractivity contribution < 1.29 is 4.74 Å². The van der Waals surface area contributed by atoms with Crippen LogP contribution < -0.4 is 5.32 Å². The highest BCUT2D eigenvalue weighted by Crippen LogP contribution is 2.21. The number of rotatable bonds is 7. The van der Waals surface area contributed by atoms with Crippen molar-refractivity contribution in [2.45, 2.75) is 25.3 Å². The fraction of sp³-hybridized carbons (Fsp3) is 0.647. The Bertz CT molecular complexity index is 421. The van der Waals surface area contributed by atoms with E-state index >= 15 is 0 Å². The van der Waals surface area contributed by atoms with Gasteiger partial charge in [-0.25, -0.2) is 0 Å². The van der Waals surface area contributed by atoms with Crippen molar-refractivity contribution in [1.82, 2.24) is 10.2 Å². The summed E-state index contributed by atoms with van der Waals surface area (Å²) in [6.45, 7) is 4.07. The van der Waals surface area contributed by atoms with Crippen LogP contribution in [-0.4, -0.2) is 45.3 Å². The lowest BCUT2D eigenvalue weighted by atomic mass is 10.0. The molecule has 4 heteroatoms. The molecular formula is C17H27ClN2O. The molecule has 0 aliphatic carbocycles. The summed E-state index contributed by atoms with van der Waals surface area (Å²) in [5, 5.41) is 4.20. The smallest absolute Gasteiger partial charge is 0.0506 e. The van der Waals surface area contributed by atoms with Crippen LogP contribution >= 0.6 is 11.6 Å². The van der Waals surface area contributed by atoms with Gasteiger partial charge in [-0.15, -0.1) is 0 Å². The standard InChI is InChI=1S/C17H27ClN2O/c1-19-17(15-6-3-7-16(18)11-15)8-9-20(2)12-14-5-4-10-21-13-14/h3,6-7,11,14,17,19H,4-5,8-10,12-13H2,1-2H3. The molecule has 1 aromatic carbocycles. The summed E-state index contributed by atoms with van der Waals surface area (Å²) in [5.41, 5.74) is 1.26. The van der Waals surface area contributed by atoms with E-state index in [1.165, 1.54) is 18.4 Å². The minimum atomic E-state index is 0.355. The van der Waals surface area contributed by atoms with Gasteiger partial charge < -0.3 is 15.0 Å². The highest BCUT2D eigenvalue weighted by atomic mass is 35.5. The maximum absolute atomic E-state index is 6.09. The predicted molar refractivity (Wildman–Crippen MR) is 88.9 cm³/mol. The van der Waals surface area contributed by atoms with E-state index in [1.54, 1.807) is 0 Å². The van der Waals surface area contributed by atoms with E-state index in [-0.39, 0.29) is 0 Å². The normalized spacial score (nSPS) is 20.7. The predicted octanol–water partition coefficient (Wildman–Crippen LogP) is 3.35. The number of hydrogen-bond donors (Lipinski definition) is 1. The maximum Gasteiger partial charge on any atom is 0.0506 e. The number of halogens is 1. The van der Waals surface area contributed by atoms with Gasteiger partial charge in [0.15, 0.2) is 0 Å². The zero-order chi connectivity index (χ0) is 15.1. The lowest BCUT2D eigenvalue weighted by molar-refractivity contribution is 0.0416.